The number of aromatic nitrogens is 2. The van der Waals surface area contributed by atoms with Crippen molar-refractivity contribution in [2.75, 3.05) is 13.4 Å². The molecule has 0 saturated heterocycles. The fraction of sp³-hybridized carbons (Fsp3) is 0.167. The van der Waals surface area contributed by atoms with Gasteiger partial charge < -0.3 is 4.74 Å². The Balaban J connectivity index is 2.29. The summed E-state index contributed by atoms with van der Waals surface area (Å²) in [6.07, 6.45) is -4.21. The molecule has 0 aliphatic rings. The number of halogens is 6. The predicted molar refractivity (Wildman–Crippen MR) is 98.6 cm³/mol. The van der Waals surface area contributed by atoms with Crippen LogP contribution in [0.4, 0.5) is 22.0 Å². The van der Waals surface area contributed by atoms with Gasteiger partial charge in [0.1, 0.15) is 28.0 Å². The molecule has 1 heterocycles. The fourth-order valence-corrected chi connectivity index (χ4v) is 3.69. The average molecular weight is 467 g/mol. The zero-order valence-electron chi connectivity index (χ0n) is 15.3. The minimum absolute atomic E-state index is 0.0652. The highest BCUT2D eigenvalue weighted by atomic mass is 35.5. The Labute approximate surface area is 172 Å². The van der Waals surface area contributed by atoms with Gasteiger partial charge in [-0.15, -0.1) is 0 Å². The Bertz CT molecular complexity index is 1240. The number of sulfone groups is 1. The summed E-state index contributed by atoms with van der Waals surface area (Å²) in [4.78, 5) is -0.930. The third kappa shape index (κ3) is 4.12. The van der Waals surface area contributed by atoms with E-state index < -0.39 is 43.9 Å². The molecule has 0 aliphatic heterocycles. The number of benzene rings is 2. The van der Waals surface area contributed by atoms with Crippen LogP contribution in [0.3, 0.4) is 0 Å². The topological polar surface area (TPSA) is 61.2 Å². The van der Waals surface area contributed by atoms with Crippen LogP contribution in [0.25, 0.3) is 16.9 Å². The first-order chi connectivity index (χ1) is 13.8. The largest absolute Gasteiger partial charge is 0.495 e. The minimum atomic E-state index is -4.88. The quantitative estimate of drug-likeness (QED) is 0.513. The number of rotatable bonds is 4. The van der Waals surface area contributed by atoms with Crippen LogP contribution in [0.1, 0.15) is 5.69 Å². The van der Waals surface area contributed by atoms with E-state index in [1.807, 2.05) is 0 Å². The molecule has 0 unspecified atom stereocenters. The summed E-state index contributed by atoms with van der Waals surface area (Å²) in [7, 11) is -2.76. The molecule has 0 spiro atoms. The van der Waals surface area contributed by atoms with Crippen LogP contribution < -0.4 is 4.74 Å². The number of nitrogens with zero attached hydrogens (tertiary/aromatic N) is 2. The summed E-state index contributed by atoms with van der Waals surface area (Å²) in [5.74, 6) is -2.37. The van der Waals surface area contributed by atoms with Crippen molar-refractivity contribution < 1.29 is 35.1 Å². The third-order valence-corrected chi connectivity index (χ3v) is 5.48. The van der Waals surface area contributed by atoms with Gasteiger partial charge in [0.25, 0.3) is 0 Å². The van der Waals surface area contributed by atoms with E-state index in [0.29, 0.717) is 29.1 Å². The highest BCUT2D eigenvalue weighted by Crippen LogP contribution is 2.36. The van der Waals surface area contributed by atoms with E-state index in [1.54, 1.807) is 0 Å². The maximum atomic E-state index is 14.6. The van der Waals surface area contributed by atoms with Gasteiger partial charge in [0, 0.05) is 17.9 Å². The molecule has 12 heteroatoms. The summed E-state index contributed by atoms with van der Waals surface area (Å²) in [6, 6.07) is 5.50. The van der Waals surface area contributed by atoms with Gasteiger partial charge in [0.2, 0.25) is 0 Å². The second-order valence-electron chi connectivity index (χ2n) is 6.18. The van der Waals surface area contributed by atoms with Gasteiger partial charge >= 0.3 is 6.18 Å². The van der Waals surface area contributed by atoms with Crippen LogP contribution >= 0.6 is 11.6 Å². The molecule has 0 N–H and O–H groups in total. The molecule has 0 fully saturated rings. The normalized spacial score (nSPS) is 12.3. The van der Waals surface area contributed by atoms with Crippen molar-refractivity contribution in [3.63, 3.8) is 0 Å². The molecule has 2 aromatic carbocycles. The lowest BCUT2D eigenvalue weighted by Gasteiger charge is -2.12. The Morgan fingerprint density at radius 1 is 1.07 bits per heavy atom. The Hall–Kier alpha value is -2.66. The number of hydrogen-bond acceptors (Lipinski definition) is 4. The van der Waals surface area contributed by atoms with Crippen molar-refractivity contribution in [2.24, 2.45) is 0 Å². The monoisotopic (exact) mass is 466 g/mol. The molecule has 0 saturated carbocycles. The van der Waals surface area contributed by atoms with Gasteiger partial charge in [-0.2, -0.15) is 18.3 Å². The SMILES string of the molecule is COc1ccc(-c2cc(C(F)(F)F)nn2-c2cc(F)c(S(C)(=O)=O)cc2F)cc1Cl. The van der Waals surface area contributed by atoms with Crippen LogP contribution in [-0.4, -0.2) is 31.6 Å². The molecule has 0 aliphatic carbocycles. The summed E-state index contributed by atoms with van der Waals surface area (Å²) >= 11 is 6.02. The number of hydrogen-bond donors (Lipinski definition) is 0. The van der Waals surface area contributed by atoms with E-state index in [9.17, 15) is 30.4 Å². The number of alkyl halides is 3. The molecule has 0 radical (unpaired) electrons. The molecule has 30 heavy (non-hydrogen) atoms. The second kappa shape index (κ2) is 7.55. The average Bonchev–Trinajstić information content (AvgIpc) is 3.07. The molecule has 3 rings (SSSR count). The van der Waals surface area contributed by atoms with Crippen molar-refractivity contribution >= 4 is 21.4 Å². The standard InChI is InChI=1S/C18H12ClF5N2O3S/c1-29-15-4-3-9(5-10(15)19)13-8-17(18(22,23)24)25-26(13)14-6-12(21)16(7-11(14)20)30(2,27)28/h3-8H,1-2H3. The van der Waals surface area contributed by atoms with E-state index in [0.717, 1.165) is 0 Å². The lowest BCUT2D eigenvalue weighted by atomic mass is 10.1. The summed E-state index contributed by atoms with van der Waals surface area (Å²) in [5.41, 5.74) is -2.22. The van der Waals surface area contributed by atoms with Crippen molar-refractivity contribution in [1.29, 1.82) is 0 Å². The first-order valence-corrected chi connectivity index (χ1v) is 10.3. The number of methoxy groups -OCH3 is 1. The molecule has 3 aromatic rings. The molecule has 160 valence electrons. The lowest BCUT2D eigenvalue weighted by molar-refractivity contribution is -0.141. The van der Waals surface area contributed by atoms with Gasteiger partial charge in [-0.1, -0.05) is 11.6 Å². The first kappa shape index (κ1) is 22.0. The summed E-state index contributed by atoms with van der Waals surface area (Å²) in [5, 5.41) is 3.42. The molecule has 0 amide bonds. The summed E-state index contributed by atoms with van der Waals surface area (Å²) in [6.45, 7) is 0. The zero-order chi connectivity index (χ0) is 22.4. The van der Waals surface area contributed by atoms with Crippen LogP contribution in [0.15, 0.2) is 41.3 Å². The van der Waals surface area contributed by atoms with Gasteiger partial charge in [-0.25, -0.2) is 21.9 Å². The molecule has 1 aromatic heterocycles. The minimum Gasteiger partial charge on any atom is -0.495 e. The van der Waals surface area contributed by atoms with Gasteiger partial charge in [0.05, 0.1) is 17.8 Å². The van der Waals surface area contributed by atoms with Crippen LogP contribution in [-0.2, 0) is 16.0 Å². The van der Waals surface area contributed by atoms with E-state index in [1.165, 1.54) is 25.3 Å². The molecule has 0 atom stereocenters. The van der Waals surface area contributed by atoms with Gasteiger partial charge in [-0.05, 0) is 30.3 Å². The zero-order valence-corrected chi connectivity index (χ0v) is 16.8. The van der Waals surface area contributed by atoms with Crippen LogP contribution in [0.2, 0.25) is 5.02 Å². The van der Waals surface area contributed by atoms with Crippen molar-refractivity contribution in [3.05, 3.63) is 58.7 Å². The molecule has 5 nitrogen and oxygen atoms in total. The van der Waals surface area contributed by atoms with E-state index in [2.05, 4.69) is 5.10 Å². The molecule has 0 bridgehead atoms. The smallest absolute Gasteiger partial charge is 0.435 e. The van der Waals surface area contributed by atoms with Crippen LogP contribution in [0.5, 0.6) is 5.75 Å². The third-order valence-electron chi connectivity index (χ3n) is 4.08. The number of ether oxygens (including phenoxy) is 1. The maximum absolute atomic E-state index is 14.6. The van der Waals surface area contributed by atoms with Crippen molar-refractivity contribution in [3.8, 4) is 22.7 Å². The Kier molecular flexibility index (Phi) is 5.54. The van der Waals surface area contributed by atoms with Gasteiger partial charge in [-0.3, -0.25) is 0 Å². The summed E-state index contributed by atoms with van der Waals surface area (Å²) < 4.78 is 97.3. The Morgan fingerprint density at radius 2 is 1.73 bits per heavy atom. The van der Waals surface area contributed by atoms with Crippen LogP contribution in [0, 0.1) is 11.6 Å². The van der Waals surface area contributed by atoms with Crippen molar-refractivity contribution in [2.45, 2.75) is 11.1 Å². The van der Waals surface area contributed by atoms with Gasteiger partial charge in [0.15, 0.2) is 15.5 Å². The first-order valence-electron chi connectivity index (χ1n) is 8.03. The van der Waals surface area contributed by atoms with E-state index in [-0.39, 0.29) is 22.0 Å². The second-order valence-corrected chi connectivity index (χ2v) is 8.57. The predicted octanol–water partition coefficient (Wildman–Crippen LogP) is 4.90. The molecular formula is C18H12ClF5N2O3S. The highest BCUT2D eigenvalue weighted by Gasteiger charge is 2.36. The molecular weight excluding hydrogens is 455 g/mol. The lowest BCUT2D eigenvalue weighted by Crippen LogP contribution is -2.10. The maximum Gasteiger partial charge on any atom is 0.435 e. The van der Waals surface area contributed by atoms with E-state index in [4.69, 9.17) is 16.3 Å². The van der Waals surface area contributed by atoms with E-state index >= 15 is 0 Å². The Morgan fingerprint density at radius 3 is 2.27 bits per heavy atom. The van der Waals surface area contributed by atoms with Crippen molar-refractivity contribution in [1.82, 2.24) is 9.78 Å². The highest BCUT2D eigenvalue weighted by molar-refractivity contribution is 7.90. The fourth-order valence-electron chi connectivity index (χ4n) is 2.70.